The second-order valence-corrected chi connectivity index (χ2v) is 5.79. The van der Waals surface area contributed by atoms with Gasteiger partial charge in [0.15, 0.2) is 0 Å². The molecule has 0 bridgehead atoms. The zero-order chi connectivity index (χ0) is 13.0. The van der Waals surface area contributed by atoms with Crippen molar-refractivity contribution in [1.82, 2.24) is 5.32 Å². The van der Waals surface area contributed by atoms with Gasteiger partial charge in [-0.2, -0.15) is 0 Å². The Hall–Kier alpha value is -0.540. The van der Waals surface area contributed by atoms with Gasteiger partial charge in [0, 0.05) is 5.02 Å². The summed E-state index contributed by atoms with van der Waals surface area (Å²) in [7, 11) is 0. The third-order valence-corrected chi connectivity index (χ3v) is 4.38. The van der Waals surface area contributed by atoms with Gasteiger partial charge in [-0.05, 0) is 24.5 Å². The van der Waals surface area contributed by atoms with Crippen LogP contribution in [-0.2, 0) is 4.79 Å². The number of carbonyl (C=O) groups is 1. The molecule has 1 rings (SSSR count). The molecule has 2 nitrogen and oxygen atoms in total. The van der Waals surface area contributed by atoms with Gasteiger partial charge in [0.25, 0.3) is 0 Å². The van der Waals surface area contributed by atoms with Crippen LogP contribution >= 0.6 is 27.5 Å². The quantitative estimate of drug-likeness (QED) is 0.837. The molecule has 0 aliphatic carbocycles. The van der Waals surface area contributed by atoms with Crippen LogP contribution in [0, 0.1) is 5.92 Å². The zero-order valence-electron chi connectivity index (χ0n) is 10.2. The summed E-state index contributed by atoms with van der Waals surface area (Å²) in [5, 5.41) is 3.62. The normalized spacial score (nSPS) is 14.5. The van der Waals surface area contributed by atoms with Crippen molar-refractivity contribution >= 4 is 33.4 Å². The van der Waals surface area contributed by atoms with Gasteiger partial charge in [0.2, 0.25) is 5.91 Å². The van der Waals surface area contributed by atoms with Gasteiger partial charge in [0.1, 0.15) is 0 Å². The number of halogens is 2. The fraction of sp³-hybridized carbons (Fsp3) is 0.462. The SMILES string of the molecule is CC(NC(=O)C(Br)C(C)C)c1ccccc1Cl. The first-order valence-corrected chi connectivity index (χ1v) is 6.91. The molecule has 0 spiro atoms. The molecular formula is C13H17BrClNO. The highest BCUT2D eigenvalue weighted by molar-refractivity contribution is 9.10. The summed E-state index contributed by atoms with van der Waals surface area (Å²) in [6, 6.07) is 7.45. The topological polar surface area (TPSA) is 29.1 Å². The molecule has 2 unspecified atom stereocenters. The van der Waals surface area contributed by atoms with Crippen LogP contribution in [0.5, 0.6) is 0 Å². The smallest absolute Gasteiger partial charge is 0.234 e. The van der Waals surface area contributed by atoms with Gasteiger partial charge in [-0.25, -0.2) is 0 Å². The van der Waals surface area contributed by atoms with Gasteiger partial charge in [0.05, 0.1) is 10.9 Å². The molecular weight excluding hydrogens is 302 g/mol. The van der Waals surface area contributed by atoms with Crippen molar-refractivity contribution in [2.75, 3.05) is 0 Å². The third kappa shape index (κ3) is 4.00. The molecule has 0 aliphatic rings. The van der Waals surface area contributed by atoms with Crippen LogP contribution < -0.4 is 5.32 Å². The van der Waals surface area contributed by atoms with Crippen LogP contribution in [0.15, 0.2) is 24.3 Å². The molecule has 17 heavy (non-hydrogen) atoms. The van der Waals surface area contributed by atoms with Crippen LogP contribution in [-0.4, -0.2) is 10.7 Å². The lowest BCUT2D eigenvalue weighted by atomic mass is 10.1. The lowest BCUT2D eigenvalue weighted by molar-refractivity contribution is -0.121. The molecule has 1 N–H and O–H groups in total. The van der Waals surface area contributed by atoms with E-state index in [-0.39, 0.29) is 22.7 Å². The second-order valence-electron chi connectivity index (χ2n) is 4.40. The van der Waals surface area contributed by atoms with Crippen molar-refractivity contribution in [2.45, 2.75) is 31.6 Å². The fourth-order valence-corrected chi connectivity index (χ4v) is 1.93. The molecule has 1 aromatic carbocycles. The summed E-state index contributed by atoms with van der Waals surface area (Å²) in [6.45, 7) is 5.93. The average molecular weight is 319 g/mol. The summed E-state index contributed by atoms with van der Waals surface area (Å²) in [5.41, 5.74) is 0.936. The number of hydrogen-bond donors (Lipinski definition) is 1. The summed E-state index contributed by atoms with van der Waals surface area (Å²) in [6.07, 6.45) is 0. The first kappa shape index (κ1) is 14.5. The molecule has 1 aromatic rings. The largest absolute Gasteiger partial charge is 0.349 e. The van der Waals surface area contributed by atoms with Crippen molar-refractivity contribution in [3.8, 4) is 0 Å². The molecule has 94 valence electrons. The molecule has 0 radical (unpaired) electrons. The average Bonchev–Trinajstić information content (AvgIpc) is 2.28. The molecule has 0 aliphatic heterocycles. The Morgan fingerprint density at radius 3 is 2.41 bits per heavy atom. The van der Waals surface area contributed by atoms with E-state index in [2.05, 4.69) is 21.2 Å². The van der Waals surface area contributed by atoms with E-state index in [4.69, 9.17) is 11.6 Å². The Kier molecular flexibility index (Phi) is 5.47. The highest BCUT2D eigenvalue weighted by Gasteiger charge is 2.21. The molecule has 0 saturated heterocycles. The lowest BCUT2D eigenvalue weighted by Gasteiger charge is -2.19. The molecule has 1 amide bonds. The van der Waals surface area contributed by atoms with Crippen molar-refractivity contribution in [3.05, 3.63) is 34.9 Å². The minimum atomic E-state index is -0.174. The summed E-state index contributed by atoms with van der Waals surface area (Å²) >= 11 is 9.46. The molecule has 4 heteroatoms. The second kappa shape index (κ2) is 6.41. The number of nitrogens with one attached hydrogen (secondary N) is 1. The van der Waals surface area contributed by atoms with E-state index in [1.165, 1.54) is 0 Å². The van der Waals surface area contributed by atoms with E-state index in [0.29, 0.717) is 5.02 Å². The lowest BCUT2D eigenvalue weighted by Crippen LogP contribution is -2.35. The van der Waals surface area contributed by atoms with Crippen molar-refractivity contribution in [1.29, 1.82) is 0 Å². The maximum absolute atomic E-state index is 11.9. The first-order chi connectivity index (χ1) is 7.93. The number of benzene rings is 1. The maximum atomic E-state index is 11.9. The molecule has 0 saturated carbocycles. The van der Waals surface area contributed by atoms with E-state index >= 15 is 0 Å². The third-order valence-electron chi connectivity index (χ3n) is 2.57. The predicted octanol–water partition coefficient (Wildman–Crippen LogP) is 3.94. The van der Waals surface area contributed by atoms with E-state index < -0.39 is 0 Å². The van der Waals surface area contributed by atoms with E-state index in [1.807, 2.05) is 45.0 Å². The number of amides is 1. The predicted molar refractivity (Wildman–Crippen MR) is 75.6 cm³/mol. The molecule has 0 aromatic heterocycles. The Balaban J connectivity index is 2.70. The summed E-state index contributed by atoms with van der Waals surface area (Å²) in [5.74, 6) is 0.251. The van der Waals surface area contributed by atoms with Crippen LogP contribution in [0.4, 0.5) is 0 Å². The van der Waals surface area contributed by atoms with Crippen molar-refractivity contribution in [3.63, 3.8) is 0 Å². The van der Waals surface area contributed by atoms with Gasteiger partial charge in [-0.15, -0.1) is 0 Å². The molecule has 0 heterocycles. The van der Waals surface area contributed by atoms with Gasteiger partial charge >= 0.3 is 0 Å². The van der Waals surface area contributed by atoms with Gasteiger partial charge in [-0.1, -0.05) is 59.6 Å². The Bertz CT molecular complexity index is 395. The fourth-order valence-electron chi connectivity index (χ4n) is 1.50. The Morgan fingerprint density at radius 2 is 1.88 bits per heavy atom. The number of carbonyl (C=O) groups excluding carboxylic acids is 1. The maximum Gasteiger partial charge on any atom is 0.234 e. The van der Waals surface area contributed by atoms with Crippen molar-refractivity contribution in [2.24, 2.45) is 5.92 Å². The van der Waals surface area contributed by atoms with E-state index in [9.17, 15) is 4.79 Å². The highest BCUT2D eigenvalue weighted by Crippen LogP contribution is 2.23. The van der Waals surface area contributed by atoms with Crippen LogP contribution in [0.3, 0.4) is 0 Å². The zero-order valence-corrected chi connectivity index (χ0v) is 12.5. The van der Waals surface area contributed by atoms with Crippen LogP contribution in [0.1, 0.15) is 32.4 Å². The molecule has 0 fully saturated rings. The number of rotatable bonds is 4. The number of alkyl halides is 1. The number of hydrogen-bond acceptors (Lipinski definition) is 1. The van der Waals surface area contributed by atoms with Crippen LogP contribution in [0.2, 0.25) is 5.02 Å². The molecule has 2 atom stereocenters. The van der Waals surface area contributed by atoms with E-state index in [1.54, 1.807) is 0 Å². The highest BCUT2D eigenvalue weighted by atomic mass is 79.9. The van der Waals surface area contributed by atoms with Gasteiger partial charge in [-0.3, -0.25) is 4.79 Å². The Morgan fingerprint density at radius 1 is 1.29 bits per heavy atom. The monoisotopic (exact) mass is 317 g/mol. The van der Waals surface area contributed by atoms with Gasteiger partial charge < -0.3 is 5.32 Å². The summed E-state index contributed by atoms with van der Waals surface area (Å²) < 4.78 is 0. The van der Waals surface area contributed by atoms with E-state index in [0.717, 1.165) is 5.56 Å². The standard InChI is InChI=1S/C13H17BrClNO/c1-8(2)12(14)13(17)16-9(3)10-6-4-5-7-11(10)15/h4-9,12H,1-3H3,(H,16,17). The summed E-state index contributed by atoms with van der Waals surface area (Å²) in [4.78, 5) is 11.7. The first-order valence-electron chi connectivity index (χ1n) is 5.62. The van der Waals surface area contributed by atoms with Crippen molar-refractivity contribution < 1.29 is 4.79 Å². The minimum absolute atomic E-state index is 0.00702. The Labute approximate surface area is 116 Å². The van der Waals surface area contributed by atoms with Crippen LogP contribution in [0.25, 0.3) is 0 Å². The minimum Gasteiger partial charge on any atom is -0.349 e.